The average Bonchev–Trinajstić information content (AvgIpc) is 2.52. The molecule has 0 amide bonds. The number of benzene rings is 1. The van der Waals surface area contributed by atoms with Crippen molar-refractivity contribution in [2.45, 2.75) is 56.3 Å². The molecular formula is C21H24ClN3O. The van der Waals surface area contributed by atoms with Crippen molar-refractivity contribution in [2.75, 3.05) is 5.73 Å². The van der Waals surface area contributed by atoms with Crippen LogP contribution in [0.4, 0.5) is 5.95 Å². The molecule has 4 saturated carbocycles. The van der Waals surface area contributed by atoms with Crippen LogP contribution < -0.4 is 11.3 Å². The number of aromatic amines is 1. The monoisotopic (exact) mass is 369 g/mol. The highest BCUT2D eigenvalue weighted by molar-refractivity contribution is 6.30. The Bertz CT molecular complexity index is 919. The fraction of sp³-hybridized carbons (Fsp3) is 0.524. The van der Waals surface area contributed by atoms with E-state index in [1.54, 1.807) is 0 Å². The molecule has 1 heterocycles. The summed E-state index contributed by atoms with van der Waals surface area (Å²) in [6.45, 7) is 1.94. The van der Waals surface area contributed by atoms with Crippen LogP contribution in [0.25, 0.3) is 0 Å². The van der Waals surface area contributed by atoms with E-state index >= 15 is 0 Å². The quantitative estimate of drug-likeness (QED) is 0.836. The number of nitrogen functional groups attached to an aromatic ring is 1. The smallest absolute Gasteiger partial charge is 0.256 e. The molecule has 2 atom stereocenters. The summed E-state index contributed by atoms with van der Waals surface area (Å²) in [6.07, 6.45) is 7.00. The average molecular weight is 370 g/mol. The number of halogens is 1. The molecule has 3 N–H and O–H groups in total. The van der Waals surface area contributed by atoms with Gasteiger partial charge in [0.2, 0.25) is 5.95 Å². The number of hydrogen-bond acceptors (Lipinski definition) is 3. The first kappa shape index (κ1) is 16.4. The third-order valence-electron chi connectivity index (χ3n) is 7.17. The Morgan fingerprint density at radius 3 is 2.35 bits per heavy atom. The molecule has 1 aromatic heterocycles. The zero-order valence-electron chi connectivity index (χ0n) is 15.0. The summed E-state index contributed by atoms with van der Waals surface area (Å²) in [7, 11) is 0. The second-order valence-electron chi connectivity index (χ2n) is 8.94. The van der Waals surface area contributed by atoms with Crippen molar-refractivity contribution in [2.24, 2.45) is 11.8 Å². The Hall–Kier alpha value is -1.81. The number of nitrogens with one attached hydrogen (secondary N) is 1. The van der Waals surface area contributed by atoms with Crippen molar-refractivity contribution >= 4 is 17.5 Å². The molecule has 1 aromatic carbocycles. The van der Waals surface area contributed by atoms with E-state index in [0.29, 0.717) is 11.8 Å². The fourth-order valence-electron chi connectivity index (χ4n) is 6.93. The van der Waals surface area contributed by atoms with Gasteiger partial charge < -0.3 is 5.73 Å². The van der Waals surface area contributed by atoms with Crippen LogP contribution in [-0.2, 0) is 10.8 Å². The number of rotatable bonds is 2. The van der Waals surface area contributed by atoms with Gasteiger partial charge in [0, 0.05) is 16.0 Å². The molecule has 0 aliphatic heterocycles. The first-order valence-electron chi connectivity index (χ1n) is 9.52. The highest BCUT2D eigenvalue weighted by Gasteiger charge is 2.59. The summed E-state index contributed by atoms with van der Waals surface area (Å²) in [5.74, 6) is 1.58. The normalized spacial score (nSPS) is 35.0. The van der Waals surface area contributed by atoms with Gasteiger partial charge in [-0.2, -0.15) is 0 Å². The number of nitrogens with zero attached hydrogens (tertiary/aromatic N) is 1. The molecule has 4 nitrogen and oxygen atoms in total. The largest absolute Gasteiger partial charge is 0.369 e. The van der Waals surface area contributed by atoms with Crippen LogP contribution in [0, 0.1) is 18.8 Å². The minimum Gasteiger partial charge on any atom is -0.369 e. The predicted octanol–water partition coefficient (Wildman–Crippen LogP) is 4.10. The molecule has 6 rings (SSSR count). The van der Waals surface area contributed by atoms with Crippen molar-refractivity contribution in [1.29, 1.82) is 0 Å². The predicted molar refractivity (Wildman–Crippen MR) is 103 cm³/mol. The summed E-state index contributed by atoms with van der Waals surface area (Å²) in [4.78, 5) is 20.0. The lowest BCUT2D eigenvalue weighted by Crippen LogP contribution is -2.57. The van der Waals surface area contributed by atoms with E-state index in [2.05, 4.69) is 22.1 Å². The number of nitrogens with two attached hydrogens (primary N) is 1. The standard InChI is InChI=1S/C21H24ClN3O/c1-12-17(18(26)25-19(23)24-12)21-9-13-6-14(10-21)8-20(7-13,11-21)15-2-4-16(22)5-3-15/h2-5,13-14H,6-11H2,1H3,(H3,23,24,25,26). The topological polar surface area (TPSA) is 71.8 Å². The maximum atomic E-state index is 12.9. The maximum absolute atomic E-state index is 12.9. The summed E-state index contributed by atoms with van der Waals surface area (Å²) < 4.78 is 0. The van der Waals surface area contributed by atoms with Crippen LogP contribution in [0.2, 0.25) is 5.02 Å². The molecule has 0 radical (unpaired) electrons. The van der Waals surface area contributed by atoms with E-state index in [4.69, 9.17) is 17.3 Å². The SMILES string of the molecule is Cc1nc(N)[nH]c(=O)c1C12CC3CC(CC(c4ccc(Cl)cc4)(C3)C1)C2. The van der Waals surface area contributed by atoms with Crippen molar-refractivity contribution in [3.8, 4) is 0 Å². The molecule has 0 spiro atoms. The zero-order chi connectivity index (χ0) is 18.1. The van der Waals surface area contributed by atoms with Gasteiger partial charge >= 0.3 is 0 Å². The molecule has 4 fully saturated rings. The van der Waals surface area contributed by atoms with E-state index in [1.165, 1.54) is 24.8 Å². The molecule has 2 unspecified atom stereocenters. The Balaban J connectivity index is 1.66. The lowest BCUT2D eigenvalue weighted by Gasteiger charge is -2.62. The van der Waals surface area contributed by atoms with Gasteiger partial charge in [-0.1, -0.05) is 23.7 Å². The molecule has 4 aliphatic carbocycles. The van der Waals surface area contributed by atoms with Gasteiger partial charge in [-0.25, -0.2) is 4.98 Å². The Labute approximate surface area is 158 Å². The minimum atomic E-state index is -0.0674. The first-order valence-corrected chi connectivity index (χ1v) is 9.90. The number of aromatic nitrogens is 2. The first-order chi connectivity index (χ1) is 12.4. The summed E-state index contributed by atoms with van der Waals surface area (Å²) in [5.41, 5.74) is 8.91. The van der Waals surface area contributed by atoms with E-state index in [0.717, 1.165) is 35.5 Å². The van der Waals surface area contributed by atoms with Crippen LogP contribution in [0.15, 0.2) is 29.1 Å². The van der Waals surface area contributed by atoms with Crippen LogP contribution in [0.1, 0.15) is 55.3 Å². The summed E-state index contributed by atoms with van der Waals surface area (Å²) in [5, 5.41) is 0.781. The number of H-pyrrole nitrogens is 1. The van der Waals surface area contributed by atoms with Gasteiger partial charge in [0.25, 0.3) is 5.56 Å². The third-order valence-corrected chi connectivity index (χ3v) is 7.42. The van der Waals surface area contributed by atoms with Gasteiger partial charge in [-0.05, 0) is 80.4 Å². The summed E-state index contributed by atoms with van der Waals surface area (Å²) >= 11 is 6.13. The van der Waals surface area contributed by atoms with Gasteiger partial charge in [0.1, 0.15) is 0 Å². The van der Waals surface area contributed by atoms with Crippen molar-refractivity contribution in [3.05, 3.63) is 56.5 Å². The van der Waals surface area contributed by atoms with Crippen LogP contribution >= 0.6 is 11.6 Å². The molecule has 136 valence electrons. The van der Waals surface area contributed by atoms with Crippen molar-refractivity contribution < 1.29 is 0 Å². The van der Waals surface area contributed by atoms with E-state index in [-0.39, 0.29) is 22.3 Å². The molecular weight excluding hydrogens is 346 g/mol. The van der Waals surface area contributed by atoms with Crippen LogP contribution in [0.5, 0.6) is 0 Å². The Kier molecular flexibility index (Phi) is 3.37. The fourth-order valence-corrected chi connectivity index (χ4v) is 7.05. The maximum Gasteiger partial charge on any atom is 0.256 e. The van der Waals surface area contributed by atoms with Gasteiger partial charge in [0.15, 0.2) is 0 Å². The van der Waals surface area contributed by atoms with Gasteiger partial charge in [-0.15, -0.1) is 0 Å². The van der Waals surface area contributed by atoms with E-state index in [9.17, 15) is 4.79 Å². The number of hydrogen-bond donors (Lipinski definition) is 2. The number of aryl methyl sites for hydroxylation is 1. The Morgan fingerprint density at radius 2 is 1.73 bits per heavy atom. The second-order valence-corrected chi connectivity index (χ2v) is 9.38. The molecule has 4 bridgehead atoms. The van der Waals surface area contributed by atoms with Crippen molar-refractivity contribution in [1.82, 2.24) is 9.97 Å². The zero-order valence-corrected chi connectivity index (χ0v) is 15.8. The van der Waals surface area contributed by atoms with Gasteiger partial charge in [-0.3, -0.25) is 9.78 Å². The van der Waals surface area contributed by atoms with E-state index in [1.807, 2.05) is 19.1 Å². The molecule has 4 aliphatic rings. The van der Waals surface area contributed by atoms with Crippen molar-refractivity contribution in [3.63, 3.8) is 0 Å². The minimum absolute atomic E-state index is 0.0387. The molecule has 2 aromatic rings. The lowest BCUT2D eigenvalue weighted by atomic mass is 9.41. The third kappa shape index (κ3) is 2.27. The highest BCUT2D eigenvalue weighted by atomic mass is 35.5. The molecule has 5 heteroatoms. The summed E-state index contributed by atoms with van der Waals surface area (Å²) in [6, 6.07) is 8.40. The van der Waals surface area contributed by atoms with Crippen LogP contribution in [0.3, 0.4) is 0 Å². The second kappa shape index (κ2) is 5.35. The lowest BCUT2D eigenvalue weighted by molar-refractivity contribution is -0.0291. The Morgan fingerprint density at radius 1 is 1.12 bits per heavy atom. The van der Waals surface area contributed by atoms with Gasteiger partial charge in [0.05, 0.1) is 5.69 Å². The molecule has 0 saturated heterocycles. The van der Waals surface area contributed by atoms with Crippen LogP contribution in [-0.4, -0.2) is 9.97 Å². The van der Waals surface area contributed by atoms with E-state index < -0.39 is 0 Å². The highest BCUT2D eigenvalue weighted by Crippen LogP contribution is 2.66. The number of anilines is 1. The molecule has 26 heavy (non-hydrogen) atoms.